The van der Waals surface area contributed by atoms with Crippen molar-refractivity contribution in [3.63, 3.8) is 0 Å². The molecular weight excluding hydrogens is 456 g/mol. The Morgan fingerprint density at radius 1 is 1.14 bits per heavy atom. The molecule has 0 saturated carbocycles. The van der Waals surface area contributed by atoms with Crippen LogP contribution in [0, 0.1) is 0 Å². The zero-order chi connectivity index (χ0) is 20.9. The molecule has 0 aromatic heterocycles. The molecule has 0 spiro atoms. The summed E-state index contributed by atoms with van der Waals surface area (Å²) in [6.07, 6.45) is 3.43. The SMILES string of the molecule is COc1ccc(S(=O)(=O)N2CCCCC2)cc1CCC(=O)Nc1ccccc1Br. The number of methoxy groups -OCH3 is 1. The van der Waals surface area contributed by atoms with Crippen LogP contribution >= 0.6 is 15.9 Å². The molecule has 156 valence electrons. The van der Waals surface area contributed by atoms with Gasteiger partial charge in [-0.25, -0.2) is 8.42 Å². The number of amides is 1. The van der Waals surface area contributed by atoms with Gasteiger partial charge in [0.2, 0.25) is 15.9 Å². The summed E-state index contributed by atoms with van der Waals surface area (Å²) in [7, 11) is -1.99. The first-order chi connectivity index (χ1) is 13.9. The van der Waals surface area contributed by atoms with Crippen molar-refractivity contribution in [2.75, 3.05) is 25.5 Å². The average molecular weight is 481 g/mol. The summed E-state index contributed by atoms with van der Waals surface area (Å²) in [5, 5.41) is 2.86. The van der Waals surface area contributed by atoms with Gasteiger partial charge in [-0.15, -0.1) is 0 Å². The van der Waals surface area contributed by atoms with Gasteiger partial charge in [-0.2, -0.15) is 4.31 Å². The highest BCUT2D eigenvalue weighted by atomic mass is 79.9. The van der Waals surface area contributed by atoms with Crippen LogP contribution in [0.1, 0.15) is 31.2 Å². The van der Waals surface area contributed by atoms with Crippen molar-refractivity contribution in [1.82, 2.24) is 4.31 Å². The quantitative estimate of drug-likeness (QED) is 0.643. The van der Waals surface area contributed by atoms with Crippen molar-refractivity contribution in [2.45, 2.75) is 37.0 Å². The van der Waals surface area contributed by atoms with Gasteiger partial charge in [0.1, 0.15) is 5.75 Å². The standard InChI is InChI=1S/C21H25BrN2O4S/c1-28-20-11-10-17(29(26,27)24-13-5-2-6-14-24)15-16(20)9-12-21(25)23-19-8-4-3-7-18(19)22/h3-4,7-8,10-11,15H,2,5-6,9,12-14H2,1H3,(H,23,25). The fourth-order valence-electron chi connectivity index (χ4n) is 3.39. The third kappa shape index (κ3) is 5.38. The number of para-hydroxylation sites is 1. The number of nitrogens with one attached hydrogen (secondary N) is 1. The number of carbonyl (C=O) groups is 1. The maximum atomic E-state index is 13.0. The summed E-state index contributed by atoms with van der Waals surface area (Å²) in [5.74, 6) is 0.430. The number of hydrogen-bond donors (Lipinski definition) is 1. The van der Waals surface area contributed by atoms with E-state index in [1.54, 1.807) is 29.6 Å². The Balaban J connectivity index is 1.73. The van der Waals surface area contributed by atoms with Gasteiger partial charge in [0.25, 0.3) is 0 Å². The summed E-state index contributed by atoms with van der Waals surface area (Å²) >= 11 is 3.41. The molecule has 0 atom stereocenters. The minimum absolute atomic E-state index is 0.150. The zero-order valence-corrected chi connectivity index (χ0v) is 18.8. The molecule has 2 aromatic carbocycles. The number of hydrogen-bond acceptors (Lipinski definition) is 4. The van der Waals surface area contributed by atoms with E-state index in [0.29, 0.717) is 36.5 Å². The third-order valence-corrected chi connectivity index (χ3v) is 7.56. The molecule has 1 amide bonds. The Kier molecular flexibility index (Phi) is 7.32. The predicted molar refractivity (Wildman–Crippen MR) is 117 cm³/mol. The zero-order valence-electron chi connectivity index (χ0n) is 16.4. The second-order valence-electron chi connectivity index (χ2n) is 6.97. The highest BCUT2D eigenvalue weighted by Gasteiger charge is 2.26. The summed E-state index contributed by atoms with van der Waals surface area (Å²) in [6, 6.07) is 12.3. The Hall–Kier alpha value is -1.90. The van der Waals surface area contributed by atoms with Crippen LogP contribution in [0.2, 0.25) is 0 Å². The van der Waals surface area contributed by atoms with E-state index in [1.807, 2.05) is 24.3 Å². The van der Waals surface area contributed by atoms with E-state index in [2.05, 4.69) is 21.2 Å². The predicted octanol–water partition coefficient (Wildman–Crippen LogP) is 4.20. The largest absolute Gasteiger partial charge is 0.496 e. The number of nitrogens with zero attached hydrogens (tertiary/aromatic N) is 1. The van der Waals surface area contributed by atoms with Crippen molar-refractivity contribution >= 4 is 37.5 Å². The monoisotopic (exact) mass is 480 g/mol. The second kappa shape index (κ2) is 9.73. The maximum absolute atomic E-state index is 13.0. The first-order valence-corrected chi connectivity index (χ1v) is 11.9. The van der Waals surface area contributed by atoms with Crippen molar-refractivity contribution in [3.8, 4) is 5.75 Å². The lowest BCUT2D eigenvalue weighted by molar-refractivity contribution is -0.116. The van der Waals surface area contributed by atoms with Gasteiger partial charge < -0.3 is 10.1 Å². The molecule has 1 N–H and O–H groups in total. The van der Waals surface area contributed by atoms with Crippen LogP contribution in [-0.4, -0.2) is 38.8 Å². The van der Waals surface area contributed by atoms with Crippen LogP contribution in [0.4, 0.5) is 5.69 Å². The van der Waals surface area contributed by atoms with Gasteiger partial charge in [0.15, 0.2) is 0 Å². The van der Waals surface area contributed by atoms with Crippen molar-refractivity contribution in [3.05, 3.63) is 52.5 Å². The first-order valence-electron chi connectivity index (χ1n) is 9.63. The molecule has 1 aliphatic heterocycles. The van der Waals surface area contributed by atoms with Crippen LogP contribution in [0.3, 0.4) is 0 Å². The fraction of sp³-hybridized carbons (Fsp3) is 0.381. The van der Waals surface area contributed by atoms with E-state index in [4.69, 9.17) is 4.74 Å². The molecule has 8 heteroatoms. The van der Waals surface area contributed by atoms with E-state index in [1.165, 1.54) is 0 Å². The molecule has 2 aromatic rings. The van der Waals surface area contributed by atoms with Crippen LogP contribution in [0.5, 0.6) is 5.75 Å². The second-order valence-corrected chi connectivity index (χ2v) is 9.76. The Bertz CT molecular complexity index is 972. The molecule has 1 saturated heterocycles. The number of carbonyl (C=O) groups excluding carboxylic acids is 1. The topological polar surface area (TPSA) is 75.7 Å². The number of aryl methyl sites for hydroxylation is 1. The first kappa shape index (κ1) is 21.8. The maximum Gasteiger partial charge on any atom is 0.243 e. The number of sulfonamides is 1. The molecule has 1 aliphatic rings. The number of halogens is 1. The fourth-order valence-corrected chi connectivity index (χ4v) is 5.34. The summed E-state index contributed by atoms with van der Waals surface area (Å²) in [6.45, 7) is 1.11. The van der Waals surface area contributed by atoms with Gasteiger partial charge in [-0.1, -0.05) is 18.6 Å². The number of ether oxygens (including phenoxy) is 1. The Morgan fingerprint density at radius 3 is 2.55 bits per heavy atom. The van der Waals surface area contributed by atoms with Crippen molar-refractivity contribution in [1.29, 1.82) is 0 Å². The minimum Gasteiger partial charge on any atom is -0.496 e. The third-order valence-electron chi connectivity index (χ3n) is 4.97. The summed E-state index contributed by atoms with van der Waals surface area (Å²) in [5.41, 5.74) is 1.40. The number of benzene rings is 2. The van der Waals surface area contributed by atoms with Gasteiger partial charge in [0, 0.05) is 24.0 Å². The van der Waals surface area contributed by atoms with Crippen LogP contribution in [0.25, 0.3) is 0 Å². The minimum atomic E-state index is -3.53. The summed E-state index contributed by atoms with van der Waals surface area (Å²) < 4.78 is 33.6. The molecule has 3 rings (SSSR count). The van der Waals surface area contributed by atoms with Gasteiger partial charge in [-0.3, -0.25) is 4.79 Å². The molecule has 6 nitrogen and oxygen atoms in total. The van der Waals surface area contributed by atoms with E-state index >= 15 is 0 Å². The van der Waals surface area contributed by atoms with Gasteiger partial charge in [0.05, 0.1) is 17.7 Å². The van der Waals surface area contributed by atoms with Crippen LogP contribution < -0.4 is 10.1 Å². The normalized spacial score (nSPS) is 15.1. The number of rotatable bonds is 7. The lowest BCUT2D eigenvalue weighted by Gasteiger charge is -2.26. The summed E-state index contributed by atoms with van der Waals surface area (Å²) in [4.78, 5) is 12.6. The van der Waals surface area contributed by atoms with Crippen molar-refractivity contribution in [2.24, 2.45) is 0 Å². The molecule has 29 heavy (non-hydrogen) atoms. The van der Waals surface area contributed by atoms with E-state index < -0.39 is 10.0 Å². The van der Waals surface area contributed by atoms with E-state index in [0.717, 1.165) is 23.7 Å². The highest BCUT2D eigenvalue weighted by molar-refractivity contribution is 9.10. The van der Waals surface area contributed by atoms with E-state index in [9.17, 15) is 13.2 Å². The highest BCUT2D eigenvalue weighted by Crippen LogP contribution is 2.27. The van der Waals surface area contributed by atoms with Crippen LogP contribution in [-0.2, 0) is 21.2 Å². The molecule has 0 aliphatic carbocycles. The van der Waals surface area contributed by atoms with Crippen molar-refractivity contribution < 1.29 is 17.9 Å². The van der Waals surface area contributed by atoms with Crippen LogP contribution in [0.15, 0.2) is 51.8 Å². The number of anilines is 1. The number of piperidine rings is 1. The Labute approximate surface area is 180 Å². The molecule has 1 fully saturated rings. The smallest absolute Gasteiger partial charge is 0.243 e. The lowest BCUT2D eigenvalue weighted by atomic mass is 10.1. The average Bonchev–Trinajstić information content (AvgIpc) is 2.74. The van der Waals surface area contributed by atoms with Gasteiger partial charge in [-0.05, 0) is 71.1 Å². The lowest BCUT2D eigenvalue weighted by Crippen LogP contribution is -2.35. The molecular formula is C21H25BrN2O4S. The molecule has 0 radical (unpaired) electrons. The molecule has 0 bridgehead atoms. The van der Waals surface area contributed by atoms with Gasteiger partial charge >= 0.3 is 0 Å². The Morgan fingerprint density at radius 2 is 1.86 bits per heavy atom. The van der Waals surface area contributed by atoms with E-state index in [-0.39, 0.29) is 17.2 Å². The molecule has 0 unspecified atom stereocenters. The molecule has 1 heterocycles.